The zero-order valence-corrected chi connectivity index (χ0v) is 11.2. The fourth-order valence-electron chi connectivity index (χ4n) is 1.31. The van der Waals surface area contributed by atoms with Gasteiger partial charge in [0, 0.05) is 17.3 Å². The van der Waals surface area contributed by atoms with Crippen LogP contribution in [0.15, 0.2) is 24.3 Å². The average molecular weight is 258 g/mol. The third-order valence-electron chi connectivity index (χ3n) is 2.08. The first-order valence-electron chi connectivity index (χ1n) is 5.87. The van der Waals surface area contributed by atoms with Gasteiger partial charge in [-0.2, -0.15) is 0 Å². The molecule has 1 rings (SSSR count). The van der Waals surface area contributed by atoms with E-state index in [0.717, 1.165) is 17.3 Å². The molecule has 1 N–H and O–H groups in total. The Bertz CT molecular complexity index is 318. The normalized spacial score (nSPS) is 10.8. The number of ether oxygens (including phenoxy) is 2. The van der Waals surface area contributed by atoms with E-state index in [-0.39, 0.29) is 6.10 Å². The SMILES string of the molecule is CC(C)OCCOCCNc1cccc(Cl)c1. The Balaban J connectivity index is 2.01. The van der Waals surface area contributed by atoms with Crippen LogP contribution in [0.2, 0.25) is 5.02 Å². The minimum absolute atomic E-state index is 0.267. The molecular formula is C13H20ClNO2. The maximum Gasteiger partial charge on any atom is 0.0703 e. The largest absolute Gasteiger partial charge is 0.383 e. The highest BCUT2D eigenvalue weighted by Crippen LogP contribution is 2.14. The summed E-state index contributed by atoms with van der Waals surface area (Å²) in [6.07, 6.45) is 0.267. The second-order valence-corrected chi connectivity index (χ2v) is 4.41. The molecule has 0 fully saturated rings. The second-order valence-electron chi connectivity index (χ2n) is 3.97. The molecule has 1 aromatic carbocycles. The Labute approximate surface area is 108 Å². The number of halogens is 1. The molecule has 0 saturated carbocycles. The van der Waals surface area contributed by atoms with Crippen LogP contribution >= 0.6 is 11.6 Å². The maximum atomic E-state index is 5.87. The summed E-state index contributed by atoms with van der Waals surface area (Å²) in [5.41, 5.74) is 1.01. The van der Waals surface area contributed by atoms with Gasteiger partial charge in [-0.1, -0.05) is 17.7 Å². The lowest BCUT2D eigenvalue weighted by Gasteiger charge is -2.09. The molecule has 4 heteroatoms. The van der Waals surface area contributed by atoms with Gasteiger partial charge in [-0.05, 0) is 32.0 Å². The van der Waals surface area contributed by atoms with Gasteiger partial charge in [0.1, 0.15) is 0 Å². The van der Waals surface area contributed by atoms with Crippen molar-refractivity contribution in [2.75, 3.05) is 31.7 Å². The molecule has 1 aromatic rings. The van der Waals surface area contributed by atoms with Crippen LogP contribution in [0, 0.1) is 0 Å². The Morgan fingerprint density at radius 2 is 2.06 bits per heavy atom. The van der Waals surface area contributed by atoms with E-state index in [2.05, 4.69) is 5.32 Å². The summed E-state index contributed by atoms with van der Waals surface area (Å²) in [7, 11) is 0. The van der Waals surface area contributed by atoms with Gasteiger partial charge in [0.2, 0.25) is 0 Å². The van der Waals surface area contributed by atoms with E-state index in [9.17, 15) is 0 Å². The van der Waals surface area contributed by atoms with E-state index in [1.54, 1.807) is 0 Å². The lowest BCUT2D eigenvalue weighted by atomic mass is 10.3. The predicted molar refractivity (Wildman–Crippen MR) is 71.8 cm³/mol. The van der Waals surface area contributed by atoms with Crippen LogP contribution in [0.5, 0.6) is 0 Å². The van der Waals surface area contributed by atoms with E-state index in [1.807, 2.05) is 38.1 Å². The van der Waals surface area contributed by atoms with Gasteiger partial charge in [-0.15, -0.1) is 0 Å². The van der Waals surface area contributed by atoms with Crippen LogP contribution in [-0.2, 0) is 9.47 Å². The van der Waals surface area contributed by atoms with Gasteiger partial charge in [0.25, 0.3) is 0 Å². The van der Waals surface area contributed by atoms with E-state index in [0.29, 0.717) is 19.8 Å². The minimum atomic E-state index is 0.267. The van der Waals surface area contributed by atoms with E-state index in [4.69, 9.17) is 21.1 Å². The number of benzene rings is 1. The van der Waals surface area contributed by atoms with Gasteiger partial charge in [0.15, 0.2) is 0 Å². The molecule has 0 aromatic heterocycles. The third-order valence-corrected chi connectivity index (χ3v) is 2.31. The van der Waals surface area contributed by atoms with Gasteiger partial charge in [0.05, 0.1) is 25.9 Å². The van der Waals surface area contributed by atoms with E-state index < -0.39 is 0 Å². The Morgan fingerprint density at radius 1 is 1.24 bits per heavy atom. The fourth-order valence-corrected chi connectivity index (χ4v) is 1.50. The number of nitrogens with one attached hydrogen (secondary N) is 1. The maximum absolute atomic E-state index is 5.87. The Kier molecular flexibility index (Phi) is 7.01. The molecule has 0 aliphatic heterocycles. The highest BCUT2D eigenvalue weighted by molar-refractivity contribution is 6.30. The van der Waals surface area contributed by atoms with Gasteiger partial charge in [-0.3, -0.25) is 0 Å². The Hall–Kier alpha value is -0.770. The topological polar surface area (TPSA) is 30.5 Å². The monoisotopic (exact) mass is 257 g/mol. The fraction of sp³-hybridized carbons (Fsp3) is 0.538. The first kappa shape index (κ1) is 14.3. The zero-order chi connectivity index (χ0) is 12.5. The van der Waals surface area contributed by atoms with Crippen LogP contribution in [0.4, 0.5) is 5.69 Å². The van der Waals surface area contributed by atoms with Crippen molar-refractivity contribution in [1.29, 1.82) is 0 Å². The smallest absolute Gasteiger partial charge is 0.0703 e. The molecule has 0 spiro atoms. The molecule has 0 aliphatic rings. The van der Waals surface area contributed by atoms with Crippen LogP contribution in [0.25, 0.3) is 0 Å². The second kappa shape index (κ2) is 8.34. The van der Waals surface area contributed by atoms with Crippen molar-refractivity contribution in [2.24, 2.45) is 0 Å². The predicted octanol–water partition coefficient (Wildman–Crippen LogP) is 3.19. The lowest BCUT2D eigenvalue weighted by molar-refractivity contribution is 0.0222. The van der Waals surface area contributed by atoms with Crippen molar-refractivity contribution in [1.82, 2.24) is 0 Å². The minimum Gasteiger partial charge on any atom is -0.383 e. The number of hydrogen-bond acceptors (Lipinski definition) is 3. The van der Waals surface area contributed by atoms with Gasteiger partial charge >= 0.3 is 0 Å². The van der Waals surface area contributed by atoms with Crippen LogP contribution in [0.3, 0.4) is 0 Å². The Morgan fingerprint density at radius 3 is 2.76 bits per heavy atom. The number of hydrogen-bond donors (Lipinski definition) is 1. The van der Waals surface area contributed by atoms with Crippen molar-refractivity contribution in [3.05, 3.63) is 29.3 Å². The summed E-state index contributed by atoms with van der Waals surface area (Å²) in [6.45, 7) is 6.74. The quantitative estimate of drug-likeness (QED) is 0.726. The summed E-state index contributed by atoms with van der Waals surface area (Å²) in [4.78, 5) is 0. The first-order valence-corrected chi connectivity index (χ1v) is 6.25. The lowest BCUT2D eigenvalue weighted by Crippen LogP contribution is -2.14. The summed E-state index contributed by atoms with van der Waals surface area (Å²) >= 11 is 5.87. The molecule has 0 saturated heterocycles. The van der Waals surface area contributed by atoms with Crippen molar-refractivity contribution in [3.8, 4) is 0 Å². The van der Waals surface area contributed by atoms with Gasteiger partial charge < -0.3 is 14.8 Å². The van der Waals surface area contributed by atoms with Crippen molar-refractivity contribution in [3.63, 3.8) is 0 Å². The van der Waals surface area contributed by atoms with E-state index in [1.165, 1.54) is 0 Å². The van der Waals surface area contributed by atoms with Crippen molar-refractivity contribution in [2.45, 2.75) is 20.0 Å². The molecule has 17 heavy (non-hydrogen) atoms. The first-order chi connectivity index (χ1) is 8.18. The third kappa shape index (κ3) is 7.21. The van der Waals surface area contributed by atoms with Crippen molar-refractivity contribution < 1.29 is 9.47 Å². The molecule has 0 unspecified atom stereocenters. The molecular weight excluding hydrogens is 238 g/mol. The molecule has 0 bridgehead atoms. The molecule has 0 atom stereocenters. The number of anilines is 1. The average Bonchev–Trinajstić information content (AvgIpc) is 2.27. The number of rotatable bonds is 8. The zero-order valence-electron chi connectivity index (χ0n) is 10.4. The van der Waals surface area contributed by atoms with Crippen LogP contribution in [0.1, 0.15) is 13.8 Å². The van der Waals surface area contributed by atoms with Crippen LogP contribution < -0.4 is 5.32 Å². The summed E-state index contributed by atoms with van der Waals surface area (Å²) in [6, 6.07) is 7.64. The summed E-state index contributed by atoms with van der Waals surface area (Å²) in [5.74, 6) is 0. The molecule has 3 nitrogen and oxygen atoms in total. The summed E-state index contributed by atoms with van der Waals surface area (Å²) in [5, 5.41) is 3.97. The molecule has 0 radical (unpaired) electrons. The highest BCUT2D eigenvalue weighted by atomic mass is 35.5. The van der Waals surface area contributed by atoms with Crippen LogP contribution in [-0.4, -0.2) is 32.5 Å². The molecule has 0 aliphatic carbocycles. The molecule has 0 amide bonds. The highest BCUT2D eigenvalue weighted by Gasteiger charge is 1.95. The molecule has 0 heterocycles. The standard InChI is InChI=1S/C13H20ClNO2/c1-11(2)17-9-8-16-7-6-15-13-5-3-4-12(14)10-13/h3-5,10-11,15H,6-9H2,1-2H3. The van der Waals surface area contributed by atoms with Crippen molar-refractivity contribution >= 4 is 17.3 Å². The summed E-state index contributed by atoms with van der Waals surface area (Å²) < 4.78 is 10.8. The molecule has 96 valence electrons. The van der Waals surface area contributed by atoms with Gasteiger partial charge in [-0.25, -0.2) is 0 Å². The van der Waals surface area contributed by atoms with E-state index >= 15 is 0 Å².